The van der Waals surface area contributed by atoms with Gasteiger partial charge in [-0.1, -0.05) is 13.0 Å². The largest absolute Gasteiger partial charge is 0.378 e. The van der Waals surface area contributed by atoms with Crippen LogP contribution in [-0.2, 0) is 4.74 Å². The number of rotatable bonds is 4. The lowest BCUT2D eigenvalue weighted by molar-refractivity contribution is -0.00159. The van der Waals surface area contributed by atoms with E-state index in [4.69, 9.17) is 4.74 Å². The lowest BCUT2D eigenvalue weighted by Gasteiger charge is -2.31. The van der Waals surface area contributed by atoms with E-state index in [0.717, 1.165) is 25.9 Å². The summed E-state index contributed by atoms with van der Waals surface area (Å²) in [6.45, 7) is 5.37. The van der Waals surface area contributed by atoms with Crippen molar-refractivity contribution in [1.29, 1.82) is 0 Å². The Morgan fingerprint density at radius 1 is 1.62 bits per heavy atom. The second kappa shape index (κ2) is 5.80. The first kappa shape index (κ1) is 12.1. The second-order valence-electron chi connectivity index (χ2n) is 4.53. The van der Waals surface area contributed by atoms with Gasteiger partial charge in [-0.2, -0.15) is 0 Å². The molecule has 0 aromatic carbocycles. The lowest BCUT2D eigenvalue weighted by Crippen LogP contribution is -2.39. The summed E-state index contributed by atoms with van der Waals surface area (Å²) in [6.07, 6.45) is 3.89. The summed E-state index contributed by atoms with van der Waals surface area (Å²) in [5.74, 6) is 0. The fourth-order valence-electron chi connectivity index (χ4n) is 2.29. The van der Waals surface area contributed by atoms with E-state index in [-0.39, 0.29) is 0 Å². The van der Waals surface area contributed by atoms with Gasteiger partial charge in [0.05, 0.1) is 6.10 Å². The molecule has 90 valence electrons. The van der Waals surface area contributed by atoms with Gasteiger partial charge in [0.2, 0.25) is 0 Å². The molecule has 3 heteroatoms. The molecule has 0 spiro atoms. The molecule has 1 N–H and O–H groups in total. The molecule has 1 aliphatic heterocycles. The minimum absolute atomic E-state index is 0.460. The number of hydrogen-bond donors (Lipinski definition) is 1. The van der Waals surface area contributed by atoms with Crippen molar-refractivity contribution in [2.45, 2.75) is 51.3 Å². The Hall–Kier alpha value is -0.380. The third-order valence-corrected chi connectivity index (χ3v) is 4.33. The fourth-order valence-corrected chi connectivity index (χ4v) is 3.03. The molecule has 1 fully saturated rings. The molecule has 3 unspecified atom stereocenters. The Morgan fingerprint density at radius 3 is 3.19 bits per heavy atom. The molecule has 2 heterocycles. The smallest absolute Gasteiger partial charge is 0.0587 e. The highest BCUT2D eigenvalue weighted by Gasteiger charge is 2.22. The van der Waals surface area contributed by atoms with Crippen LogP contribution in [0.25, 0.3) is 0 Å². The van der Waals surface area contributed by atoms with Crippen molar-refractivity contribution < 1.29 is 4.74 Å². The molecular weight excluding hydrogens is 218 g/mol. The third-order valence-electron chi connectivity index (χ3n) is 3.28. The van der Waals surface area contributed by atoms with Crippen molar-refractivity contribution in [2.75, 3.05) is 6.61 Å². The Morgan fingerprint density at radius 2 is 2.50 bits per heavy atom. The average Bonchev–Trinajstić information content (AvgIpc) is 2.83. The number of thiophene rings is 1. The molecule has 3 atom stereocenters. The highest BCUT2D eigenvalue weighted by Crippen LogP contribution is 2.22. The maximum absolute atomic E-state index is 5.69. The fraction of sp³-hybridized carbons (Fsp3) is 0.692. The summed E-state index contributed by atoms with van der Waals surface area (Å²) >= 11 is 1.83. The van der Waals surface area contributed by atoms with Gasteiger partial charge in [0, 0.05) is 23.6 Å². The number of nitrogens with one attached hydrogen (secondary N) is 1. The van der Waals surface area contributed by atoms with Crippen LogP contribution < -0.4 is 5.32 Å². The zero-order valence-corrected chi connectivity index (χ0v) is 10.9. The predicted octanol–water partition coefficient (Wildman–Crippen LogP) is 3.36. The Kier molecular flexibility index (Phi) is 4.38. The van der Waals surface area contributed by atoms with Crippen molar-refractivity contribution in [2.24, 2.45) is 0 Å². The van der Waals surface area contributed by atoms with Crippen LogP contribution in [0.1, 0.15) is 44.0 Å². The van der Waals surface area contributed by atoms with Crippen molar-refractivity contribution in [3.63, 3.8) is 0 Å². The van der Waals surface area contributed by atoms with Gasteiger partial charge in [-0.05, 0) is 37.6 Å². The van der Waals surface area contributed by atoms with E-state index in [0.29, 0.717) is 18.2 Å². The van der Waals surface area contributed by atoms with Crippen LogP contribution in [0.15, 0.2) is 17.5 Å². The molecule has 0 bridgehead atoms. The SMILES string of the molecule is CCC1CC(NC(C)c2cccs2)CCO1. The average molecular weight is 239 g/mol. The van der Waals surface area contributed by atoms with E-state index in [1.165, 1.54) is 4.88 Å². The van der Waals surface area contributed by atoms with Gasteiger partial charge in [-0.25, -0.2) is 0 Å². The van der Waals surface area contributed by atoms with Gasteiger partial charge < -0.3 is 10.1 Å². The van der Waals surface area contributed by atoms with Gasteiger partial charge >= 0.3 is 0 Å². The zero-order valence-electron chi connectivity index (χ0n) is 10.1. The van der Waals surface area contributed by atoms with Crippen molar-refractivity contribution in [3.05, 3.63) is 22.4 Å². The van der Waals surface area contributed by atoms with Crippen LogP contribution >= 0.6 is 11.3 Å². The summed E-state index contributed by atoms with van der Waals surface area (Å²) in [4.78, 5) is 1.43. The molecule has 2 rings (SSSR count). The third kappa shape index (κ3) is 3.06. The van der Waals surface area contributed by atoms with Crippen molar-refractivity contribution >= 4 is 11.3 Å². The lowest BCUT2D eigenvalue weighted by atomic mass is 10.0. The minimum atomic E-state index is 0.460. The van der Waals surface area contributed by atoms with Gasteiger partial charge in [-0.3, -0.25) is 0 Å². The van der Waals surface area contributed by atoms with Crippen LogP contribution in [-0.4, -0.2) is 18.8 Å². The van der Waals surface area contributed by atoms with E-state index in [1.807, 2.05) is 11.3 Å². The predicted molar refractivity (Wildman–Crippen MR) is 68.9 cm³/mol. The molecule has 0 radical (unpaired) electrons. The standard InChI is InChI=1S/C13H21NOS/c1-3-12-9-11(6-7-15-12)14-10(2)13-5-4-8-16-13/h4-5,8,10-12,14H,3,6-7,9H2,1-2H3. The molecule has 1 aliphatic rings. The van der Waals surface area contributed by atoms with Crippen LogP contribution in [0.3, 0.4) is 0 Å². The zero-order chi connectivity index (χ0) is 11.4. The first-order chi connectivity index (χ1) is 7.79. The van der Waals surface area contributed by atoms with Crippen LogP contribution in [0, 0.1) is 0 Å². The Labute approximate surface area is 102 Å². The molecule has 2 nitrogen and oxygen atoms in total. The summed E-state index contributed by atoms with van der Waals surface area (Å²) in [5.41, 5.74) is 0. The summed E-state index contributed by atoms with van der Waals surface area (Å²) < 4.78 is 5.69. The molecule has 16 heavy (non-hydrogen) atoms. The second-order valence-corrected chi connectivity index (χ2v) is 5.51. The van der Waals surface area contributed by atoms with Gasteiger partial charge in [0.25, 0.3) is 0 Å². The normalized spacial score (nSPS) is 27.9. The van der Waals surface area contributed by atoms with Gasteiger partial charge in [0.15, 0.2) is 0 Å². The number of ether oxygens (including phenoxy) is 1. The van der Waals surface area contributed by atoms with E-state index in [1.54, 1.807) is 0 Å². The molecule has 1 saturated heterocycles. The molecular formula is C13H21NOS. The summed E-state index contributed by atoms with van der Waals surface area (Å²) in [5, 5.41) is 5.86. The molecule has 0 aliphatic carbocycles. The van der Waals surface area contributed by atoms with Crippen LogP contribution in [0.2, 0.25) is 0 Å². The molecule has 1 aromatic heterocycles. The highest BCUT2D eigenvalue weighted by atomic mass is 32.1. The molecule has 0 amide bonds. The van der Waals surface area contributed by atoms with Gasteiger partial charge in [0.1, 0.15) is 0 Å². The first-order valence-corrected chi connectivity index (χ1v) is 7.08. The Balaban J connectivity index is 1.84. The van der Waals surface area contributed by atoms with E-state index in [2.05, 4.69) is 36.7 Å². The van der Waals surface area contributed by atoms with Crippen molar-refractivity contribution in [3.8, 4) is 0 Å². The monoisotopic (exact) mass is 239 g/mol. The molecule has 1 aromatic rings. The minimum Gasteiger partial charge on any atom is -0.378 e. The topological polar surface area (TPSA) is 21.3 Å². The maximum Gasteiger partial charge on any atom is 0.0587 e. The highest BCUT2D eigenvalue weighted by molar-refractivity contribution is 7.10. The van der Waals surface area contributed by atoms with E-state index < -0.39 is 0 Å². The van der Waals surface area contributed by atoms with E-state index in [9.17, 15) is 0 Å². The van der Waals surface area contributed by atoms with E-state index >= 15 is 0 Å². The van der Waals surface area contributed by atoms with Gasteiger partial charge in [-0.15, -0.1) is 11.3 Å². The summed E-state index contributed by atoms with van der Waals surface area (Å²) in [7, 11) is 0. The number of hydrogen-bond acceptors (Lipinski definition) is 3. The molecule has 0 saturated carbocycles. The Bertz CT molecular complexity index is 299. The maximum atomic E-state index is 5.69. The first-order valence-electron chi connectivity index (χ1n) is 6.20. The van der Waals surface area contributed by atoms with Crippen molar-refractivity contribution in [1.82, 2.24) is 5.32 Å². The summed E-state index contributed by atoms with van der Waals surface area (Å²) in [6, 6.07) is 5.42. The quantitative estimate of drug-likeness (QED) is 0.870. The van der Waals surface area contributed by atoms with Crippen LogP contribution in [0.5, 0.6) is 0 Å². The van der Waals surface area contributed by atoms with Crippen LogP contribution in [0.4, 0.5) is 0 Å².